The molecule has 0 heterocycles. The van der Waals surface area contributed by atoms with E-state index in [2.05, 4.69) is 45.2 Å². The van der Waals surface area contributed by atoms with E-state index in [1.54, 1.807) is 12.1 Å². The summed E-state index contributed by atoms with van der Waals surface area (Å²) in [6, 6.07) is 3.26. The van der Waals surface area contributed by atoms with Crippen LogP contribution in [0.4, 0.5) is 0 Å². The number of hydrogen-bond acceptors (Lipinski definition) is 3. The average Bonchev–Trinajstić information content (AvgIpc) is 2.54. The number of carbonyl (C=O) groups is 2. The normalized spacial score (nSPS) is 10.6. The predicted octanol–water partition coefficient (Wildman–Crippen LogP) is 5.57. The summed E-state index contributed by atoms with van der Waals surface area (Å²) in [5, 5.41) is 17.6. The zero-order valence-electron chi connectivity index (χ0n) is 14.1. The molecule has 5 nitrogen and oxygen atoms in total. The maximum atomic E-state index is 11.0. The Kier molecular flexibility index (Phi) is 11.4. The highest BCUT2D eigenvalue weighted by molar-refractivity contribution is 14.1. The number of benzene rings is 1. The summed E-state index contributed by atoms with van der Waals surface area (Å²) in [7, 11) is 0. The van der Waals surface area contributed by atoms with E-state index < -0.39 is 11.9 Å². The molecule has 0 unspecified atom stereocenters. The average molecular weight is 574 g/mol. The number of aromatic carboxylic acids is 1. The molecular weight excluding hydrogens is 550 g/mol. The standard InChI is InChI=1S/C18H24I2O5/c19-14-11-13(18(23)24)12-15(20)17(14)25-10-8-6-4-2-1-3-5-7-9-16(21)22/h11-12H,1-10H2,(H,21,22)(H,23,24). The Balaban J connectivity index is 2.12. The predicted molar refractivity (Wildman–Crippen MR) is 114 cm³/mol. The molecule has 2 N–H and O–H groups in total. The van der Waals surface area contributed by atoms with Gasteiger partial charge in [0.15, 0.2) is 0 Å². The van der Waals surface area contributed by atoms with Gasteiger partial charge in [-0.15, -0.1) is 0 Å². The van der Waals surface area contributed by atoms with Gasteiger partial charge in [-0.1, -0.05) is 38.5 Å². The van der Waals surface area contributed by atoms with Gasteiger partial charge in [0.25, 0.3) is 0 Å². The van der Waals surface area contributed by atoms with Crippen molar-refractivity contribution in [1.29, 1.82) is 0 Å². The molecule has 0 aliphatic carbocycles. The van der Waals surface area contributed by atoms with Gasteiger partial charge in [-0.25, -0.2) is 4.79 Å². The van der Waals surface area contributed by atoms with E-state index in [0.29, 0.717) is 6.61 Å². The fourth-order valence-electron chi connectivity index (χ4n) is 2.43. The van der Waals surface area contributed by atoms with E-state index >= 15 is 0 Å². The van der Waals surface area contributed by atoms with E-state index in [1.165, 1.54) is 6.42 Å². The van der Waals surface area contributed by atoms with Crippen LogP contribution in [0.2, 0.25) is 0 Å². The number of carboxylic acids is 2. The van der Waals surface area contributed by atoms with E-state index in [1.807, 2.05) is 0 Å². The highest BCUT2D eigenvalue weighted by atomic mass is 127. The number of hydrogen-bond donors (Lipinski definition) is 2. The third-order valence-corrected chi connectivity index (χ3v) is 5.38. The number of ether oxygens (including phenoxy) is 1. The monoisotopic (exact) mass is 574 g/mol. The second kappa shape index (κ2) is 12.7. The molecule has 140 valence electrons. The van der Waals surface area contributed by atoms with E-state index in [0.717, 1.165) is 57.8 Å². The lowest BCUT2D eigenvalue weighted by atomic mass is 10.1. The lowest BCUT2D eigenvalue weighted by Crippen LogP contribution is -2.04. The SMILES string of the molecule is O=C(O)CCCCCCCCCCOc1c(I)cc(C(=O)O)cc1I. The van der Waals surface area contributed by atoms with Crippen molar-refractivity contribution < 1.29 is 24.5 Å². The summed E-state index contributed by atoms with van der Waals surface area (Å²) < 4.78 is 7.47. The first-order valence-corrected chi connectivity index (χ1v) is 10.6. The zero-order chi connectivity index (χ0) is 18.7. The Bertz CT molecular complexity index is 552. The maximum Gasteiger partial charge on any atom is 0.335 e. The van der Waals surface area contributed by atoms with Crippen molar-refractivity contribution in [2.45, 2.75) is 57.8 Å². The van der Waals surface area contributed by atoms with Gasteiger partial charge >= 0.3 is 11.9 Å². The van der Waals surface area contributed by atoms with Crippen molar-refractivity contribution in [3.63, 3.8) is 0 Å². The molecule has 0 radical (unpaired) electrons. The number of unbranched alkanes of at least 4 members (excludes halogenated alkanes) is 7. The first-order chi connectivity index (χ1) is 11.9. The minimum atomic E-state index is -0.926. The fraction of sp³-hybridized carbons (Fsp3) is 0.556. The zero-order valence-corrected chi connectivity index (χ0v) is 18.4. The van der Waals surface area contributed by atoms with Crippen LogP contribution in [0.1, 0.15) is 68.1 Å². The number of carboxylic acid groups (broad SMARTS) is 2. The number of aliphatic carboxylic acids is 1. The van der Waals surface area contributed by atoms with Gasteiger partial charge in [0.1, 0.15) is 5.75 Å². The molecular formula is C18H24I2O5. The molecule has 0 aliphatic rings. The Morgan fingerprint density at radius 3 is 1.80 bits per heavy atom. The first kappa shape index (κ1) is 22.5. The summed E-state index contributed by atoms with van der Waals surface area (Å²) in [6.07, 6.45) is 8.75. The van der Waals surface area contributed by atoms with E-state index in [9.17, 15) is 9.59 Å². The molecule has 0 aromatic heterocycles. The molecule has 0 amide bonds. The quantitative estimate of drug-likeness (QED) is 0.238. The Morgan fingerprint density at radius 1 is 0.840 bits per heavy atom. The highest BCUT2D eigenvalue weighted by Gasteiger charge is 2.12. The molecule has 0 fully saturated rings. The second-order valence-corrected chi connectivity index (χ2v) is 8.22. The largest absolute Gasteiger partial charge is 0.491 e. The van der Waals surface area contributed by atoms with Crippen molar-refractivity contribution in [3.8, 4) is 5.75 Å². The summed E-state index contributed by atoms with van der Waals surface area (Å²) >= 11 is 4.22. The van der Waals surface area contributed by atoms with Crippen LogP contribution in [0.15, 0.2) is 12.1 Å². The molecule has 0 atom stereocenters. The van der Waals surface area contributed by atoms with Crippen molar-refractivity contribution >= 4 is 57.1 Å². The molecule has 25 heavy (non-hydrogen) atoms. The number of rotatable bonds is 13. The van der Waals surface area contributed by atoms with Crippen LogP contribution in [0.25, 0.3) is 0 Å². The van der Waals surface area contributed by atoms with Gasteiger partial charge in [0.2, 0.25) is 0 Å². The van der Waals surface area contributed by atoms with Crippen LogP contribution < -0.4 is 4.74 Å². The van der Waals surface area contributed by atoms with Crippen LogP contribution in [0.3, 0.4) is 0 Å². The molecule has 1 rings (SSSR count). The highest BCUT2D eigenvalue weighted by Crippen LogP contribution is 2.29. The fourth-order valence-corrected chi connectivity index (χ4v) is 4.51. The van der Waals surface area contributed by atoms with Crippen molar-refractivity contribution in [3.05, 3.63) is 24.8 Å². The molecule has 1 aromatic rings. The lowest BCUT2D eigenvalue weighted by Gasteiger charge is -2.11. The van der Waals surface area contributed by atoms with Crippen LogP contribution in [0.5, 0.6) is 5.75 Å². The van der Waals surface area contributed by atoms with Crippen LogP contribution in [0, 0.1) is 7.14 Å². The third-order valence-electron chi connectivity index (χ3n) is 3.78. The maximum absolute atomic E-state index is 11.0. The van der Waals surface area contributed by atoms with E-state index in [-0.39, 0.29) is 12.0 Å². The molecule has 0 saturated heterocycles. The molecule has 0 bridgehead atoms. The summed E-state index contributed by atoms with van der Waals surface area (Å²) in [5.41, 5.74) is 0.282. The van der Waals surface area contributed by atoms with Crippen LogP contribution in [-0.4, -0.2) is 28.8 Å². The van der Waals surface area contributed by atoms with Gasteiger partial charge in [0, 0.05) is 6.42 Å². The summed E-state index contributed by atoms with van der Waals surface area (Å²) in [6.45, 7) is 0.636. The third kappa shape index (κ3) is 9.62. The van der Waals surface area contributed by atoms with Gasteiger partial charge in [-0.3, -0.25) is 4.79 Å². The van der Waals surface area contributed by atoms with Crippen LogP contribution in [-0.2, 0) is 4.79 Å². The Hall–Kier alpha value is -0.580. The smallest absolute Gasteiger partial charge is 0.335 e. The minimum Gasteiger partial charge on any atom is -0.491 e. The lowest BCUT2D eigenvalue weighted by molar-refractivity contribution is -0.137. The topological polar surface area (TPSA) is 83.8 Å². The van der Waals surface area contributed by atoms with Crippen molar-refractivity contribution in [2.24, 2.45) is 0 Å². The van der Waals surface area contributed by atoms with Gasteiger partial charge in [0.05, 0.1) is 19.3 Å². The summed E-state index contributed by atoms with van der Waals surface area (Å²) in [5.74, 6) is -0.864. The van der Waals surface area contributed by atoms with Gasteiger partial charge < -0.3 is 14.9 Å². The second-order valence-electron chi connectivity index (χ2n) is 5.89. The minimum absolute atomic E-state index is 0.280. The van der Waals surface area contributed by atoms with Crippen molar-refractivity contribution in [1.82, 2.24) is 0 Å². The Labute approximate surface area is 175 Å². The Morgan fingerprint density at radius 2 is 1.32 bits per heavy atom. The van der Waals surface area contributed by atoms with Crippen molar-refractivity contribution in [2.75, 3.05) is 6.61 Å². The molecule has 1 aromatic carbocycles. The van der Waals surface area contributed by atoms with Gasteiger partial charge in [-0.2, -0.15) is 0 Å². The van der Waals surface area contributed by atoms with E-state index in [4.69, 9.17) is 14.9 Å². The number of halogens is 2. The molecule has 0 saturated carbocycles. The molecule has 7 heteroatoms. The van der Waals surface area contributed by atoms with Gasteiger partial charge in [-0.05, 0) is 70.2 Å². The molecule has 0 spiro atoms. The summed E-state index contributed by atoms with van der Waals surface area (Å²) in [4.78, 5) is 21.4. The first-order valence-electron chi connectivity index (χ1n) is 8.48. The van der Waals surface area contributed by atoms with Crippen LogP contribution >= 0.6 is 45.2 Å². The molecule has 0 aliphatic heterocycles.